The summed E-state index contributed by atoms with van der Waals surface area (Å²) in [5, 5.41) is 4.55. The Labute approximate surface area is 139 Å². The molecular formula is C19H16N2O3. The van der Waals surface area contributed by atoms with Gasteiger partial charge in [-0.15, -0.1) is 0 Å². The molecule has 0 unspecified atom stereocenters. The molecule has 2 aromatic carbocycles. The van der Waals surface area contributed by atoms with Crippen LogP contribution in [0.15, 0.2) is 54.6 Å². The summed E-state index contributed by atoms with van der Waals surface area (Å²) in [5.74, 6) is 0.332. The van der Waals surface area contributed by atoms with Crippen LogP contribution in [0.5, 0.6) is 5.75 Å². The van der Waals surface area contributed by atoms with E-state index in [0.717, 1.165) is 28.3 Å². The van der Waals surface area contributed by atoms with Crippen LogP contribution in [0, 0.1) is 0 Å². The first-order chi connectivity index (χ1) is 11.8. The van der Waals surface area contributed by atoms with Crippen LogP contribution in [0.2, 0.25) is 0 Å². The number of carbonyl (C=O) groups is 1. The molecule has 0 saturated carbocycles. The molecule has 1 aliphatic rings. The summed E-state index contributed by atoms with van der Waals surface area (Å²) in [5.41, 5.74) is 3.68. The van der Waals surface area contributed by atoms with Gasteiger partial charge in [0.15, 0.2) is 5.69 Å². The van der Waals surface area contributed by atoms with Crippen molar-refractivity contribution in [2.45, 2.75) is 13.5 Å². The predicted octanol–water partition coefficient (Wildman–Crippen LogP) is 3.61. The highest BCUT2D eigenvalue weighted by molar-refractivity contribution is 5.96. The highest BCUT2D eigenvalue weighted by Crippen LogP contribution is 2.36. The van der Waals surface area contributed by atoms with Gasteiger partial charge >= 0.3 is 5.97 Å². The van der Waals surface area contributed by atoms with E-state index in [1.807, 2.05) is 54.6 Å². The maximum atomic E-state index is 12.4. The van der Waals surface area contributed by atoms with Crippen molar-refractivity contribution in [2.75, 3.05) is 6.61 Å². The number of carbonyl (C=O) groups excluding carboxylic acids is 1. The number of hydrogen-bond acceptors (Lipinski definition) is 4. The normalized spacial score (nSPS) is 12.0. The first-order valence-electron chi connectivity index (χ1n) is 7.86. The Bertz CT molecular complexity index is 900. The molecule has 2 heterocycles. The maximum Gasteiger partial charge on any atom is 0.359 e. The number of benzene rings is 2. The molecule has 4 rings (SSSR count). The zero-order valence-electron chi connectivity index (χ0n) is 13.2. The van der Waals surface area contributed by atoms with Crippen LogP contribution >= 0.6 is 0 Å². The second-order valence-corrected chi connectivity index (χ2v) is 5.42. The third kappa shape index (κ3) is 2.25. The summed E-state index contributed by atoms with van der Waals surface area (Å²) in [6.45, 7) is 2.45. The minimum Gasteiger partial charge on any atom is -0.485 e. The van der Waals surface area contributed by atoms with Crippen molar-refractivity contribution in [1.29, 1.82) is 0 Å². The van der Waals surface area contributed by atoms with Crippen molar-refractivity contribution in [3.05, 3.63) is 66.0 Å². The first-order valence-corrected chi connectivity index (χ1v) is 7.86. The average molecular weight is 320 g/mol. The molecule has 0 amide bonds. The minimum atomic E-state index is -0.421. The van der Waals surface area contributed by atoms with Gasteiger partial charge in [0.1, 0.15) is 18.0 Å². The van der Waals surface area contributed by atoms with Crippen LogP contribution in [0.4, 0.5) is 0 Å². The second-order valence-electron chi connectivity index (χ2n) is 5.42. The Morgan fingerprint density at radius 2 is 1.92 bits per heavy atom. The third-order valence-electron chi connectivity index (χ3n) is 3.97. The zero-order valence-corrected chi connectivity index (χ0v) is 13.2. The van der Waals surface area contributed by atoms with E-state index in [0.29, 0.717) is 18.9 Å². The Hall–Kier alpha value is -3.08. The Morgan fingerprint density at radius 1 is 1.17 bits per heavy atom. The second kappa shape index (κ2) is 5.85. The molecular weight excluding hydrogens is 304 g/mol. The van der Waals surface area contributed by atoms with Crippen LogP contribution in [0.25, 0.3) is 16.8 Å². The van der Waals surface area contributed by atoms with Crippen LogP contribution < -0.4 is 4.74 Å². The number of nitrogens with zero attached hydrogens (tertiary/aromatic N) is 2. The molecule has 24 heavy (non-hydrogen) atoms. The molecule has 0 aliphatic carbocycles. The number of rotatable bonds is 3. The standard InChI is InChI=1S/C19H16N2O3/c1-2-23-19(22)18-17(13-8-4-3-5-9-13)15-12-24-16-11-7-6-10-14(16)21(15)20-18/h3-11H,2,12H2,1H3. The fourth-order valence-corrected chi connectivity index (χ4v) is 2.94. The predicted molar refractivity (Wildman–Crippen MR) is 89.3 cm³/mol. The number of ether oxygens (including phenoxy) is 2. The van der Waals surface area contributed by atoms with Gasteiger partial charge in [-0.05, 0) is 24.6 Å². The number of para-hydroxylation sites is 2. The number of fused-ring (bicyclic) bond motifs is 3. The van der Waals surface area contributed by atoms with Crippen LogP contribution in [-0.2, 0) is 11.3 Å². The van der Waals surface area contributed by atoms with Crippen molar-refractivity contribution >= 4 is 5.97 Å². The molecule has 1 aromatic heterocycles. The average Bonchev–Trinajstić information content (AvgIpc) is 3.03. The fraction of sp³-hybridized carbons (Fsp3) is 0.158. The van der Waals surface area contributed by atoms with Gasteiger partial charge in [-0.25, -0.2) is 9.48 Å². The van der Waals surface area contributed by atoms with Gasteiger partial charge in [-0.2, -0.15) is 5.10 Å². The summed E-state index contributed by atoms with van der Waals surface area (Å²) in [6.07, 6.45) is 0. The molecule has 5 nitrogen and oxygen atoms in total. The first kappa shape index (κ1) is 14.5. The molecule has 0 fully saturated rings. The van der Waals surface area contributed by atoms with Crippen molar-refractivity contribution < 1.29 is 14.3 Å². The quantitative estimate of drug-likeness (QED) is 0.692. The highest BCUT2D eigenvalue weighted by atomic mass is 16.5. The number of hydrogen-bond donors (Lipinski definition) is 0. The Morgan fingerprint density at radius 3 is 2.71 bits per heavy atom. The monoisotopic (exact) mass is 320 g/mol. The van der Waals surface area contributed by atoms with E-state index in [1.54, 1.807) is 11.6 Å². The lowest BCUT2D eigenvalue weighted by Crippen LogP contribution is -2.13. The van der Waals surface area contributed by atoms with E-state index in [2.05, 4.69) is 5.10 Å². The minimum absolute atomic E-state index is 0.308. The summed E-state index contributed by atoms with van der Waals surface area (Å²) < 4.78 is 12.8. The van der Waals surface area contributed by atoms with Gasteiger partial charge in [-0.1, -0.05) is 42.5 Å². The molecule has 120 valence electrons. The molecule has 0 radical (unpaired) electrons. The third-order valence-corrected chi connectivity index (χ3v) is 3.97. The summed E-state index contributed by atoms with van der Waals surface area (Å²) in [7, 11) is 0. The van der Waals surface area contributed by atoms with Gasteiger partial charge in [0.2, 0.25) is 0 Å². The fourth-order valence-electron chi connectivity index (χ4n) is 2.94. The van der Waals surface area contributed by atoms with E-state index in [1.165, 1.54) is 0 Å². The van der Waals surface area contributed by atoms with Crippen molar-refractivity contribution in [3.8, 4) is 22.6 Å². The summed E-state index contributed by atoms with van der Waals surface area (Å²) in [6, 6.07) is 17.4. The van der Waals surface area contributed by atoms with Gasteiger partial charge < -0.3 is 9.47 Å². The largest absolute Gasteiger partial charge is 0.485 e. The topological polar surface area (TPSA) is 53.3 Å². The maximum absolute atomic E-state index is 12.4. The Balaban J connectivity index is 1.96. The molecule has 5 heteroatoms. The van der Waals surface area contributed by atoms with Gasteiger partial charge in [0.05, 0.1) is 12.3 Å². The summed E-state index contributed by atoms with van der Waals surface area (Å²) in [4.78, 5) is 12.4. The lowest BCUT2D eigenvalue weighted by atomic mass is 10.0. The van der Waals surface area contributed by atoms with E-state index in [4.69, 9.17) is 9.47 Å². The Kier molecular flexibility index (Phi) is 3.54. The summed E-state index contributed by atoms with van der Waals surface area (Å²) >= 11 is 0. The highest BCUT2D eigenvalue weighted by Gasteiger charge is 2.29. The van der Waals surface area contributed by atoms with Crippen molar-refractivity contribution in [2.24, 2.45) is 0 Å². The molecule has 0 saturated heterocycles. The number of esters is 1. The zero-order chi connectivity index (χ0) is 16.5. The molecule has 3 aromatic rings. The SMILES string of the molecule is CCOC(=O)c1nn2c(c1-c1ccccc1)COc1ccccc1-2. The van der Waals surface area contributed by atoms with E-state index < -0.39 is 5.97 Å². The van der Waals surface area contributed by atoms with E-state index >= 15 is 0 Å². The lowest BCUT2D eigenvalue weighted by molar-refractivity contribution is 0.0520. The number of aromatic nitrogens is 2. The molecule has 0 spiro atoms. The van der Waals surface area contributed by atoms with Gasteiger partial charge in [0.25, 0.3) is 0 Å². The lowest BCUT2D eigenvalue weighted by Gasteiger charge is -2.19. The van der Waals surface area contributed by atoms with Crippen LogP contribution in [-0.4, -0.2) is 22.4 Å². The van der Waals surface area contributed by atoms with E-state index in [9.17, 15) is 4.79 Å². The van der Waals surface area contributed by atoms with Crippen molar-refractivity contribution in [1.82, 2.24) is 9.78 Å². The van der Waals surface area contributed by atoms with Crippen LogP contribution in [0.1, 0.15) is 23.1 Å². The molecule has 1 aliphatic heterocycles. The molecule has 0 N–H and O–H groups in total. The molecule has 0 bridgehead atoms. The van der Waals surface area contributed by atoms with E-state index in [-0.39, 0.29) is 0 Å². The van der Waals surface area contributed by atoms with Crippen LogP contribution in [0.3, 0.4) is 0 Å². The van der Waals surface area contributed by atoms with Gasteiger partial charge in [0, 0.05) is 5.56 Å². The van der Waals surface area contributed by atoms with Crippen molar-refractivity contribution in [3.63, 3.8) is 0 Å². The van der Waals surface area contributed by atoms with Gasteiger partial charge in [-0.3, -0.25) is 0 Å². The molecule has 0 atom stereocenters. The smallest absolute Gasteiger partial charge is 0.359 e.